The van der Waals surface area contributed by atoms with Crippen LogP contribution in [0.2, 0.25) is 0 Å². The van der Waals surface area contributed by atoms with Gasteiger partial charge in [-0.05, 0) is 6.07 Å². The van der Waals surface area contributed by atoms with E-state index in [-0.39, 0.29) is 18.4 Å². The first kappa shape index (κ1) is 13.8. The van der Waals surface area contributed by atoms with E-state index in [9.17, 15) is 13.2 Å². The normalized spacial score (nSPS) is 10.4. The Labute approximate surface area is 90.3 Å². The summed E-state index contributed by atoms with van der Waals surface area (Å²) in [7, 11) is 1.59. The molecule has 86 valence electrons. The van der Waals surface area contributed by atoms with Crippen LogP contribution in [0.15, 0.2) is 12.3 Å². The van der Waals surface area contributed by atoms with Gasteiger partial charge < -0.3 is 10.1 Å². The van der Waals surface area contributed by atoms with Crippen molar-refractivity contribution < 1.29 is 17.9 Å². The molecule has 4 nitrogen and oxygen atoms in total. The number of aromatic nitrogens is 2. The van der Waals surface area contributed by atoms with Gasteiger partial charge in [0.2, 0.25) is 0 Å². The molecule has 15 heavy (non-hydrogen) atoms. The Morgan fingerprint density at radius 2 is 2.13 bits per heavy atom. The highest BCUT2D eigenvalue weighted by Crippen LogP contribution is 2.16. The lowest BCUT2D eigenvalue weighted by atomic mass is 10.6. The van der Waals surface area contributed by atoms with Gasteiger partial charge in [0, 0.05) is 13.2 Å². The topological polar surface area (TPSA) is 47.0 Å². The maximum absolute atomic E-state index is 11.7. The third-order valence-electron chi connectivity index (χ3n) is 1.25. The molecule has 1 heterocycles. The average Bonchev–Trinajstić information content (AvgIpc) is 2.14. The zero-order valence-electron chi connectivity index (χ0n) is 7.71. The predicted molar refractivity (Wildman–Crippen MR) is 50.4 cm³/mol. The fourth-order valence-corrected chi connectivity index (χ4v) is 0.696. The largest absolute Gasteiger partial charge is 0.454 e. The van der Waals surface area contributed by atoms with Crippen LogP contribution in [0, 0.1) is 0 Å². The van der Waals surface area contributed by atoms with Gasteiger partial charge in [-0.2, -0.15) is 18.2 Å². The molecule has 1 rings (SSSR count). The summed E-state index contributed by atoms with van der Waals surface area (Å²) in [6.45, 7) is -1.39. The summed E-state index contributed by atoms with van der Waals surface area (Å²) in [5.74, 6) is 0.400. The summed E-state index contributed by atoms with van der Waals surface area (Å²) in [5, 5.41) is 2.65. The number of anilines is 1. The van der Waals surface area contributed by atoms with Crippen LogP contribution >= 0.6 is 12.4 Å². The summed E-state index contributed by atoms with van der Waals surface area (Å²) in [6.07, 6.45) is -3.07. The van der Waals surface area contributed by atoms with Crippen molar-refractivity contribution in [3.8, 4) is 6.01 Å². The second-order valence-corrected chi connectivity index (χ2v) is 2.38. The molecule has 0 unspecified atom stereocenters. The Morgan fingerprint density at radius 3 is 2.67 bits per heavy atom. The summed E-state index contributed by atoms with van der Waals surface area (Å²) in [4.78, 5) is 7.17. The Balaban J connectivity index is 0.00000196. The highest BCUT2D eigenvalue weighted by molar-refractivity contribution is 5.85. The number of nitrogens with one attached hydrogen (secondary N) is 1. The fraction of sp³-hybridized carbons (Fsp3) is 0.429. The van der Waals surface area contributed by atoms with Crippen molar-refractivity contribution >= 4 is 18.2 Å². The second kappa shape index (κ2) is 5.59. The van der Waals surface area contributed by atoms with Crippen molar-refractivity contribution in [3.63, 3.8) is 0 Å². The Hall–Kier alpha value is -1.24. The minimum Gasteiger partial charge on any atom is -0.454 e. The number of halogens is 4. The average molecular weight is 244 g/mol. The van der Waals surface area contributed by atoms with Gasteiger partial charge >= 0.3 is 12.2 Å². The molecule has 0 saturated carbocycles. The van der Waals surface area contributed by atoms with Crippen LogP contribution in [0.25, 0.3) is 0 Å². The Bertz CT molecular complexity index is 308. The molecule has 0 aliphatic carbocycles. The number of ether oxygens (including phenoxy) is 1. The molecule has 0 amide bonds. The lowest BCUT2D eigenvalue weighted by Gasteiger charge is -2.07. The van der Waals surface area contributed by atoms with Crippen LogP contribution in [0.4, 0.5) is 19.0 Å². The highest BCUT2D eigenvalue weighted by atomic mass is 35.5. The molecule has 0 saturated heterocycles. The molecule has 8 heteroatoms. The number of nitrogens with zero attached hydrogens (tertiary/aromatic N) is 2. The molecule has 0 fully saturated rings. The van der Waals surface area contributed by atoms with E-state index < -0.39 is 12.8 Å². The maximum Gasteiger partial charge on any atom is 0.422 e. The molecular weight excluding hydrogens is 235 g/mol. The molecular formula is C7H9ClF3N3O. The van der Waals surface area contributed by atoms with Gasteiger partial charge in [-0.15, -0.1) is 12.4 Å². The SMILES string of the molecule is CNc1ccnc(OCC(F)(F)F)n1.Cl. The molecule has 1 N–H and O–H groups in total. The first-order chi connectivity index (χ1) is 6.51. The minimum absolute atomic E-state index is 0. The summed E-state index contributed by atoms with van der Waals surface area (Å²) in [5.41, 5.74) is 0. The first-order valence-corrected chi connectivity index (χ1v) is 3.71. The highest BCUT2D eigenvalue weighted by Gasteiger charge is 2.28. The monoisotopic (exact) mass is 243 g/mol. The standard InChI is InChI=1S/C7H8F3N3O.ClH/c1-11-5-2-3-12-6(13-5)14-4-7(8,9)10;/h2-3H,4H2,1H3,(H,11,12,13);1H. The summed E-state index contributed by atoms with van der Waals surface area (Å²) < 4.78 is 39.5. The van der Waals surface area contributed by atoms with E-state index in [0.717, 1.165) is 0 Å². The summed E-state index contributed by atoms with van der Waals surface area (Å²) >= 11 is 0. The van der Waals surface area contributed by atoms with Crippen LogP contribution in [0.5, 0.6) is 6.01 Å². The minimum atomic E-state index is -4.38. The van der Waals surface area contributed by atoms with E-state index in [0.29, 0.717) is 5.82 Å². The first-order valence-electron chi connectivity index (χ1n) is 3.71. The smallest absolute Gasteiger partial charge is 0.422 e. The van der Waals surface area contributed by atoms with Crippen molar-refractivity contribution in [3.05, 3.63) is 12.3 Å². The van der Waals surface area contributed by atoms with Gasteiger partial charge in [0.05, 0.1) is 0 Å². The van der Waals surface area contributed by atoms with Crippen molar-refractivity contribution in [1.82, 2.24) is 9.97 Å². The third kappa shape index (κ3) is 5.26. The van der Waals surface area contributed by atoms with Gasteiger partial charge in [-0.25, -0.2) is 4.98 Å². The predicted octanol–water partition coefficient (Wildman–Crippen LogP) is 1.88. The fourth-order valence-electron chi connectivity index (χ4n) is 0.696. The van der Waals surface area contributed by atoms with E-state index in [2.05, 4.69) is 20.0 Å². The molecule has 1 aromatic heterocycles. The Morgan fingerprint density at radius 1 is 1.47 bits per heavy atom. The van der Waals surface area contributed by atoms with Gasteiger partial charge in [0.25, 0.3) is 0 Å². The van der Waals surface area contributed by atoms with Crippen molar-refractivity contribution in [2.45, 2.75) is 6.18 Å². The van der Waals surface area contributed by atoms with E-state index in [1.165, 1.54) is 12.3 Å². The van der Waals surface area contributed by atoms with Gasteiger partial charge in [0.1, 0.15) is 5.82 Å². The number of hydrogen-bond acceptors (Lipinski definition) is 4. The molecule has 0 aliphatic heterocycles. The van der Waals surface area contributed by atoms with Gasteiger partial charge in [-0.1, -0.05) is 0 Å². The van der Waals surface area contributed by atoms with Crippen LogP contribution in [0.3, 0.4) is 0 Å². The van der Waals surface area contributed by atoms with E-state index >= 15 is 0 Å². The van der Waals surface area contributed by atoms with Crippen molar-refractivity contribution in [2.24, 2.45) is 0 Å². The van der Waals surface area contributed by atoms with E-state index in [4.69, 9.17) is 0 Å². The maximum atomic E-state index is 11.7. The molecule has 0 aromatic carbocycles. The molecule has 0 atom stereocenters. The van der Waals surface area contributed by atoms with Crippen LogP contribution in [0.1, 0.15) is 0 Å². The third-order valence-corrected chi connectivity index (χ3v) is 1.25. The number of alkyl halides is 3. The Kier molecular flexibility index (Phi) is 5.13. The molecule has 1 aromatic rings. The zero-order chi connectivity index (χ0) is 10.6. The van der Waals surface area contributed by atoms with Gasteiger partial charge in [0.15, 0.2) is 6.61 Å². The van der Waals surface area contributed by atoms with Crippen molar-refractivity contribution in [1.29, 1.82) is 0 Å². The lowest BCUT2D eigenvalue weighted by molar-refractivity contribution is -0.154. The van der Waals surface area contributed by atoms with Crippen LogP contribution in [-0.4, -0.2) is 29.8 Å². The quantitative estimate of drug-likeness (QED) is 0.881. The van der Waals surface area contributed by atoms with Crippen LogP contribution in [-0.2, 0) is 0 Å². The molecule has 0 aliphatic rings. The molecule has 0 bridgehead atoms. The zero-order valence-corrected chi connectivity index (χ0v) is 8.52. The number of hydrogen-bond donors (Lipinski definition) is 1. The molecule has 0 radical (unpaired) electrons. The molecule has 0 spiro atoms. The van der Waals surface area contributed by atoms with Crippen LogP contribution < -0.4 is 10.1 Å². The van der Waals surface area contributed by atoms with Crippen molar-refractivity contribution in [2.75, 3.05) is 19.0 Å². The van der Waals surface area contributed by atoms with Gasteiger partial charge in [-0.3, -0.25) is 0 Å². The summed E-state index contributed by atoms with van der Waals surface area (Å²) in [6, 6.07) is 1.22. The second-order valence-electron chi connectivity index (χ2n) is 2.38. The number of rotatable bonds is 3. The van der Waals surface area contributed by atoms with E-state index in [1.807, 2.05) is 0 Å². The lowest BCUT2D eigenvalue weighted by Crippen LogP contribution is -2.20. The van der Waals surface area contributed by atoms with E-state index in [1.54, 1.807) is 7.05 Å².